The molecule has 0 radical (unpaired) electrons. The van der Waals surface area contributed by atoms with Gasteiger partial charge in [0.15, 0.2) is 55.3 Å². The van der Waals surface area contributed by atoms with Gasteiger partial charge in [-0.05, 0) is 19.8 Å². The van der Waals surface area contributed by atoms with Gasteiger partial charge in [0.05, 0.1) is 7.11 Å². The minimum Gasteiger partial charge on any atom is -0.469 e. The molecule has 0 aromatic carbocycles. The third kappa shape index (κ3) is 20.0. The number of thioether (sulfide) groups is 1. The number of esters is 9. The number of methoxy groups -OCH3 is 1. The van der Waals surface area contributed by atoms with Gasteiger partial charge in [0.1, 0.15) is 43.0 Å². The summed E-state index contributed by atoms with van der Waals surface area (Å²) in [4.78, 5) is 125. The molecule has 0 bridgehead atoms. The molecule has 3 aliphatic heterocycles. The number of carbonyl (C=O) groups is 10. The van der Waals surface area contributed by atoms with E-state index in [4.69, 9.17) is 61.6 Å². The summed E-state index contributed by atoms with van der Waals surface area (Å²) in [6.45, 7) is 10.2. The normalized spacial score (nSPS) is 30.0. The van der Waals surface area contributed by atoms with Crippen molar-refractivity contribution in [2.24, 2.45) is 0 Å². The summed E-state index contributed by atoms with van der Waals surface area (Å²) in [5.41, 5.74) is -1.45. The molecule has 1 amide bonds. The van der Waals surface area contributed by atoms with Crippen LogP contribution in [0.1, 0.15) is 114 Å². The van der Waals surface area contributed by atoms with Crippen molar-refractivity contribution in [3.8, 4) is 0 Å². The van der Waals surface area contributed by atoms with Crippen LogP contribution in [0.3, 0.4) is 0 Å². The Balaban J connectivity index is 2.21. The fourth-order valence-corrected chi connectivity index (χ4v) is 9.50. The molecule has 0 spiro atoms. The summed E-state index contributed by atoms with van der Waals surface area (Å²) in [6.07, 6.45) is -14.3. The molecule has 25 nitrogen and oxygen atoms in total. The number of unbranched alkanes of at least 4 members (excludes halogenated alkanes) is 5. The van der Waals surface area contributed by atoms with E-state index < -0.39 is 157 Å². The number of hydrogen-bond acceptors (Lipinski definition) is 25. The van der Waals surface area contributed by atoms with Crippen molar-refractivity contribution in [2.45, 2.75) is 205 Å². The van der Waals surface area contributed by atoms with Crippen molar-refractivity contribution in [3.63, 3.8) is 0 Å². The number of amides is 1. The minimum absolute atomic E-state index is 0.0796. The van der Waals surface area contributed by atoms with E-state index in [0.717, 1.165) is 86.4 Å². The van der Waals surface area contributed by atoms with Crippen LogP contribution in [0.4, 0.5) is 0 Å². The van der Waals surface area contributed by atoms with E-state index in [1.54, 1.807) is 6.92 Å². The first-order chi connectivity index (χ1) is 33.9. The Morgan fingerprint density at radius 2 is 0.917 bits per heavy atom. The Hall–Kier alpha value is -5.15. The van der Waals surface area contributed by atoms with Crippen molar-refractivity contribution in [2.75, 3.05) is 26.9 Å². The van der Waals surface area contributed by atoms with Crippen LogP contribution in [-0.2, 0) is 114 Å². The quantitative estimate of drug-likeness (QED) is 0.0774. The molecule has 0 aromatic heterocycles. The van der Waals surface area contributed by atoms with Gasteiger partial charge in [-0.15, -0.1) is 11.8 Å². The topological polar surface area (TPSA) is 312 Å². The minimum atomic E-state index is -1.91. The van der Waals surface area contributed by atoms with E-state index in [-0.39, 0.29) is 12.6 Å². The SMILES string of the molecule is COC(=O)CCCCCCCCO[C@@H]1O[C@H](COC(C)=O)[C@@H](O[C@@H]2O[C@H](COC(C)=O)[C@H](OC(C)=O)[C@H](OC(C)=O)[C@H]2O[C@@H]2S[C@@H](C)[C@@H](OC(C)=O)[C@@H](OC(C)=O)[C@@H]2OC(C)=O)[C@H](OC(C)=O)[C@H]1NC(C)=O. The summed E-state index contributed by atoms with van der Waals surface area (Å²) in [5.74, 6) is -7.73. The average molecular weight is 1050 g/mol. The van der Waals surface area contributed by atoms with Crippen LogP contribution in [-0.4, -0.2) is 177 Å². The summed E-state index contributed by atoms with van der Waals surface area (Å²) in [5, 5.41) is 1.92. The lowest BCUT2D eigenvalue weighted by Crippen LogP contribution is -2.69. The predicted octanol–water partition coefficient (Wildman–Crippen LogP) is 1.81. The highest BCUT2D eigenvalue weighted by Crippen LogP contribution is 2.42. The molecule has 3 saturated heterocycles. The lowest BCUT2D eigenvalue weighted by atomic mass is 9.94. The monoisotopic (exact) mass is 1050 g/mol. The fourth-order valence-electron chi connectivity index (χ4n) is 8.16. The van der Waals surface area contributed by atoms with Crippen molar-refractivity contribution in [3.05, 3.63) is 0 Å². The van der Waals surface area contributed by atoms with Crippen LogP contribution in [0.15, 0.2) is 0 Å². The van der Waals surface area contributed by atoms with Crippen molar-refractivity contribution < 1.29 is 114 Å². The number of nitrogens with one attached hydrogen (secondary N) is 1. The molecule has 26 heteroatoms. The second kappa shape index (κ2) is 30.1. The van der Waals surface area contributed by atoms with Gasteiger partial charge in [0.25, 0.3) is 0 Å². The number of carbonyl (C=O) groups excluding carboxylic acids is 10. The van der Waals surface area contributed by atoms with Crippen LogP contribution in [0.2, 0.25) is 0 Å². The maximum Gasteiger partial charge on any atom is 0.305 e. The molecule has 0 aliphatic carbocycles. The zero-order valence-electron chi connectivity index (χ0n) is 42.4. The maximum atomic E-state index is 13.0. The van der Waals surface area contributed by atoms with Crippen molar-refractivity contribution in [1.29, 1.82) is 0 Å². The Bertz CT molecular complexity index is 1880. The van der Waals surface area contributed by atoms with E-state index in [1.165, 1.54) is 14.0 Å². The van der Waals surface area contributed by atoms with Gasteiger partial charge in [0.2, 0.25) is 5.91 Å². The van der Waals surface area contributed by atoms with Gasteiger partial charge in [0, 0.05) is 80.6 Å². The molecular weight excluding hydrogens is 983 g/mol. The fraction of sp³-hybridized carbons (Fsp3) is 0.783. The van der Waals surface area contributed by atoms with Gasteiger partial charge < -0.3 is 71.6 Å². The zero-order valence-corrected chi connectivity index (χ0v) is 43.3. The van der Waals surface area contributed by atoms with Crippen molar-refractivity contribution in [1.82, 2.24) is 5.32 Å². The Morgan fingerprint density at radius 1 is 0.472 bits per heavy atom. The first kappa shape index (κ1) is 61.2. The largest absolute Gasteiger partial charge is 0.469 e. The van der Waals surface area contributed by atoms with Gasteiger partial charge in [-0.2, -0.15) is 0 Å². The first-order valence-corrected chi connectivity index (χ1v) is 24.4. The van der Waals surface area contributed by atoms with Gasteiger partial charge in [-0.25, -0.2) is 0 Å². The highest BCUT2D eigenvalue weighted by molar-refractivity contribution is 8.00. The van der Waals surface area contributed by atoms with Gasteiger partial charge in [-0.3, -0.25) is 47.9 Å². The Morgan fingerprint density at radius 3 is 1.43 bits per heavy atom. The van der Waals surface area contributed by atoms with Crippen LogP contribution in [0.5, 0.6) is 0 Å². The van der Waals surface area contributed by atoms with E-state index >= 15 is 0 Å². The third-order valence-corrected chi connectivity index (χ3v) is 12.3. The second-order valence-electron chi connectivity index (χ2n) is 17.1. The van der Waals surface area contributed by atoms with Crippen LogP contribution in [0.25, 0.3) is 0 Å². The number of ether oxygens (including phenoxy) is 14. The predicted molar refractivity (Wildman–Crippen MR) is 242 cm³/mol. The van der Waals surface area contributed by atoms with Crippen molar-refractivity contribution >= 4 is 71.4 Å². The molecule has 72 heavy (non-hydrogen) atoms. The van der Waals surface area contributed by atoms with E-state index in [0.29, 0.717) is 25.7 Å². The Kier molecular flexibility index (Phi) is 25.6. The van der Waals surface area contributed by atoms with Gasteiger partial charge >= 0.3 is 53.7 Å². The highest BCUT2D eigenvalue weighted by Gasteiger charge is 2.59. The molecule has 408 valence electrons. The van der Waals surface area contributed by atoms with E-state index in [2.05, 4.69) is 10.1 Å². The average Bonchev–Trinajstić information content (AvgIpc) is 3.26. The van der Waals surface area contributed by atoms with E-state index in [1.807, 2.05) is 0 Å². The lowest BCUT2D eigenvalue weighted by molar-refractivity contribution is -0.357. The smallest absolute Gasteiger partial charge is 0.305 e. The van der Waals surface area contributed by atoms with Crippen LogP contribution >= 0.6 is 11.8 Å². The molecule has 0 aromatic rings. The summed E-state index contributed by atoms with van der Waals surface area (Å²) in [6, 6.07) is -1.34. The lowest BCUT2D eigenvalue weighted by Gasteiger charge is -2.50. The molecule has 3 fully saturated rings. The summed E-state index contributed by atoms with van der Waals surface area (Å²) >= 11 is 0.927. The molecule has 1 N–H and O–H groups in total. The second-order valence-corrected chi connectivity index (χ2v) is 18.6. The summed E-state index contributed by atoms with van der Waals surface area (Å²) < 4.78 is 82.0. The van der Waals surface area contributed by atoms with E-state index in [9.17, 15) is 47.9 Å². The standard InChI is InChI=1S/C46H69NO24S/c1-22-36(62-26(5)51)40(65-29(8)54)43(67-31(10)56)46(72-22)71-42-41(66-30(9)55)38(63-27(6)52)33(21-61-25(4)50)69-45(42)70-37-32(20-60-24(3)49)68-44(35(47-23(2)48)39(37)64-28(7)53)59-19-17-15-13-12-14-16-18-34(57)58-11/h22,32-33,35-46H,12-21H2,1-11H3,(H,47,48)/t22-,32+,33+,35+,36+,37+,38-,39+,40+,41-,42+,43-,44+,45-,46+/m0/s1. The third-order valence-electron chi connectivity index (χ3n) is 10.9. The van der Waals surface area contributed by atoms with Gasteiger partial charge in [-0.1, -0.05) is 25.7 Å². The highest BCUT2D eigenvalue weighted by atomic mass is 32.2. The molecule has 0 unspecified atom stereocenters. The van der Waals surface area contributed by atoms with Crippen LogP contribution in [0, 0.1) is 0 Å². The molecule has 3 heterocycles. The van der Waals surface area contributed by atoms with Crippen LogP contribution < -0.4 is 5.32 Å². The maximum absolute atomic E-state index is 13.0. The molecule has 3 aliphatic rings. The zero-order chi connectivity index (χ0) is 53.8. The summed E-state index contributed by atoms with van der Waals surface area (Å²) in [7, 11) is 1.33. The molecule has 3 rings (SSSR count). The first-order valence-electron chi connectivity index (χ1n) is 23.4. The molecule has 15 atom stereocenters. The molecular formula is C46H69NO24S. The Labute approximate surface area is 421 Å². The molecule has 0 saturated carbocycles. The number of rotatable bonds is 25. The number of hydrogen-bond donors (Lipinski definition) is 1.